The fraction of sp³-hybridized carbons (Fsp3) is 0.235. The average molecular weight is 308 g/mol. The summed E-state index contributed by atoms with van der Waals surface area (Å²) >= 11 is 0. The van der Waals surface area contributed by atoms with Crippen LogP contribution in [0.15, 0.2) is 49.2 Å². The van der Waals surface area contributed by atoms with Crippen LogP contribution in [0, 0.1) is 0 Å². The number of aromatic nitrogens is 4. The van der Waals surface area contributed by atoms with E-state index in [1.54, 1.807) is 18.7 Å². The molecule has 0 spiro atoms. The van der Waals surface area contributed by atoms with E-state index in [1.165, 1.54) is 0 Å². The van der Waals surface area contributed by atoms with Crippen LogP contribution in [0.3, 0.4) is 0 Å². The number of nitrogens with zero attached hydrogens (tertiary/aromatic N) is 4. The lowest BCUT2D eigenvalue weighted by Gasteiger charge is -2.20. The molecular formula is C17H16N4O2. The fourth-order valence-corrected chi connectivity index (χ4v) is 2.72. The summed E-state index contributed by atoms with van der Waals surface area (Å²) in [5, 5.41) is 0. The molecule has 4 rings (SSSR count). The van der Waals surface area contributed by atoms with E-state index in [0.29, 0.717) is 13.2 Å². The molecule has 23 heavy (non-hydrogen) atoms. The molecule has 2 aromatic heterocycles. The van der Waals surface area contributed by atoms with E-state index in [2.05, 4.69) is 26.4 Å². The molecule has 3 heterocycles. The third-order valence-corrected chi connectivity index (χ3v) is 3.92. The molecule has 6 nitrogen and oxygen atoms in total. The van der Waals surface area contributed by atoms with Gasteiger partial charge in [0, 0.05) is 24.2 Å². The molecule has 3 aromatic rings. The Bertz CT molecular complexity index is 816. The first-order chi connectivity index (χ1) is 11.3. The molecule has 0 bridgehead atoms. The molecule has 1 aromatic carbocycles. The minimum atomic E-state index is 0.0590. The molecule has 116 valence electrons. The van der Waals surface area contributed by atoms with Crippen molar-refractivity contribution in [2.45, 2.75) is 13.0 Å². The summed E-state index contributed by atoms with van der Waals surface area (Å²) in [7, 11) is 0. The summed E-state index contributed by atoms with van der Waals surface area (Å²) in [5.41, 5.74) is 1.93. The molecule has 1 atom stereocenters. The molecule has 0 unspecified atom stereocenters. The Kier molecular flexibility index (Phi) is 3.42. The smallest absolute Gasteiger partial charge is 0.162 e. The van der Waals surface area contributed by atoms with Crippen molar-refractivity contribution in [3.8, 4) is 22.9 Å². The van der Waals surface area contributed by atoms with Crippen LogP contribution in [0.25, 0.3) is 11.4 Å². The van der Waals surface area contributed by atoms with Crippen molar-refractivity contribution >= 4 is 0 Å². The van der Waals surface area contributed by atoms with E-state index >= 15 is 0 Å². The van der Waals surface area contributed by atoms with E-state index < -0.39 is 0 Å². The highest BCUT2D eigenvalue weighted by atomic mass is 16.6. The Morgan fingerprint density at radius 1 is 1.04 bits per heavy atom. The van der Waals surface area contributed by atoms with E-state index in [1.807, 2.05) is 30.5 Å². The van der Waals surface area contributed by atoms with Crippen molar-refractivity contribution < 1.29 is 9.47 Å². The number of hydrogen-bond acceptors (Lipinski definition) is 5. The van der Waals surface area contributed by atoms with Crippen molar-refractivity contribution in [2.24, 2.45) is 0 Å². The van der Waals surface area contributed by atoms with Gasteiger partial charge in [-0.2, -0.15) is 0 Å². The van der Waals surface area contributed by atoms with Crippen LogP contribution in [-0.4, -0.2) is 32.7 Å². The van der Waals surface area contributed by atoms with E-state index in [9.17, 15) is 0 Å². The number of hydrogen-bond donors (Lipinski definition) is 0. The van der Waals surface area contributed by atoms with Gasteiger partial charge in [-0.15, -0.1) is 0 Å². The number of ether oxygens (including phenoxy) is 2. The Morgan fingerprint density at radius 3 is 2.74 bits per heavy atom. The molecular weight excluding hydrogens is 292 g/mol. The Balaban J connectivity index is 1.72. The van der Waals surface area contributed by atoms with Crippen molar-refractivity contribution in [1.82, 2.24) is 19.5 Å². The van der Waals surface area contributed by atoms with Gasteiger partial charge >= 0.3 is 0 Å². The van der Waals surface area contributed by atoms with Gasteiger partial charge in [-0.25, -0.2) is 15.0 Å². The minimum Gasteiger partial charge on any atom is -0.486 e. The SMILES string of the molecule is C[C@H](c1ccncn1)n1ccnc1-c1ccc2c(c1)OCCO2. The number of rotatable bonds is 3. The highest BCUT2D eigenvalue weighted by Gasteiger charge is 2.17. The van der Waals surface area contributed by atoms with Gasteiger partial charge in [-0.3, -0.25) is 0 Å². The Labute approximate surface area is 133 Å². The van der Waals surface area contributed by atoms with Crippen molar-refractivity contribution in [3.63, 3.8) is 0 Å². The molecule has 0 saturated carbocycles. The third-order valence-electron chi connectivity index (χ3n) is 3.92. The first-order valence-electron chi connectivity index (χ1n) is 7.52. The van der Waals surface area contributed by atoms with Crippen LogP contribution in [0.5, 0.6) is 11.5 Å². The summed E-state index contributed by atoms with van der Waals surface area (Å²) in [4.78, 5) is 12.8. The topological polar surface area (TPSA) is 62.1 Å². The predicted molar refractivity (Wildman–Crippen MR) is 84.5 cm³/mol. The van der Waals surface area contributed by atoms with Gasteiger partial charge in [0.1, 0.15) is 25.4 Å². The van der Waals surface area contributed by atoms with Gasteiger partial charge in [0.15, 0.2) is 11.5 Å². The highest BCUT2D eigenvalue weighted by molar-refractivity contribution is 5.62. The maximum absolute atomic E-state index is 5.66. The van der Waals surface area contributed by atoms with Crippen LogP contribution in [0.2, 0.25) is 0 Å². The lowest BCUT2D eigenvalue weighted by atomic mass is 10.1. The van der Waals surface area contributed by atoms with Gasteiger partial charge in [-0.1, -0.05) is 0 Å². The zero-order chi connectivity index (χ0) is 15.6. The molecule has 0 N–H and O–H groups in total. The normalized spacial score (nSPS) is 14.5. The zero-order valence-electron chi connectivity index (χ0n) is 12.7. The maximum atomic E-state index is 5.66. The molecule has 0 radical (unpaired) electrons. The number of fused-ring (bicyclic) bond motifs is 1. The molecule has 1 aliphatic rings. The van der Waals surface area contributed by atoms with E-state index in [0.717, 1.165) is 28.6 Å². The molecule has 6 heteroatoms. The van der Waals surface area contributed by atoms with Crippen LogP contribution in [0.4, 0.5) is 0 Å². The van der Waals surface area contributed by atoms with Crippen LogP contribution in [-0.2, 0) is 0 Å². The maximum Gasteiger partial charge on any atom is 0.162 e. The third kappa shape index (κ3) is 2.52. The predicted octanol–water partition coefficient (Wildman–Crippen LogP) is 2.72. The second kappa shape index (κ2) is 5.72. The number of benzene rings is 1. The lowest BCUT2D eigenvalue weighted by Crippen LogP contribution is -2.15. The average Bonchev–Trinajstić information content (AvgIpc) is 3.11. The summed E-state index contributed by atoms with van der Waals surface area (Å²) in [6, 6.07) is 7.87. The first kappa shape index (κ1) is 13.8. The van der Waals surface area contributed by atoms with Gasteiger partial charge < -0.3 is 14.0 Å². The fourth-order valence-electron chi connectivity index (χ4n) is 2.72. The van der Waals surface area contributed by atoms with Gasteiger partial charge in [0.05, 0.1) is 11.7 Å². The summed E-state index contributed by atoms with van der Waals surface area (Å²) < 4.78 is 13.3. The Morgan fingerprint density at radius 2 is 1.91 bits per heavy atom. The second-order valence-electron chi connectivity index (χ2n) is 5.33. The molecule has 0 fully saturated rings. The summed E-state index contributed by atoms with van der Waals surface area (Å²) in [6.07, 6.45) is 7.06. The molecule has 0 aliphatic carbocycles. The summed E-state index contributed by atoms with van der Waals surface area (Å²) in [6.45, 7) is 3.25. The zero-order valence-corrected chi connectivity index (χ0v) is 12.7. The quantitative estimate of drug-likeness (QED) is 0.744. The second-order valence-corrected chi connectivity index (χ2v) is 5.33. The molecule has 1 aliphatic heterocycles. The monoisotopic (exact) mass is 308 g/mol. The van der Waals surface area contributed by atoms with Crippen molar-refractivity contribution in [3.05, 3.63) is 54.9 Å². The first-order valence-corrected chi connectivity index (χ1v) is 7.52. The van der Waals surface area contributed by atoms with Gasteiger partial charge in [0.2, 0.25) is 0 Å². The lowest BCUT2D eigenvalue weighted by molar-refractivity contribution is 0.171. The number of imidazole rings is 1. The van der Waals surface area contributed by atoms with Crippen LogP contribution < -0.4 is 9.47 Å². The standard InChI is InChI=1S/C17H16N4O2/c1-12(14-4-5-18-11-20-14)21-7-6-19-17(21)13-2-3-15-16(10-13)23-9-8-22-15/h2-7,10-12H,8-9H2,1H3/t12-/m1/s1. The largest absolute Gasteiger partial charge is 0.486 e. The van der Waals surface area contributed by atoms with Gasteiger partial charge in [-0.05, 0) is 31.2 Å². The Hall–Kier alpha value is -2.89. The minimum absolute atomic E-state index is 0.0590. The van der Waals surface area contributed by atoms with Crippen LogP contribution in [0.1, 0.15) is 18.7 Å². The van der Waals surface area contributed by atoms with E-state index in [-0.39, 0.29) is 6.04 Å². The summed E-state index contributed by atoms with van der Waals surface area (Å²) in [5.74, 6) is 2.41. The highest BCUT2D eigenvalue weighted by Crippen LogP contribution is 2.35. The van der Waals surface area contributed by atoms with Crippen molar-refractivity contribution in [2.75, 3.05) is 13.2 Å². The van der Waals surface area contributed by atoms with Gasteiger partial charge in [0.25, 0.3) is 0 Å². The molecule has 0 saturated heterocycles. The van der Waals surface area contributed by atoms with E-state index in [4.69, 9.17) is 9.47 Å². The molecule has 0 amide bonds. The van der Waals surface area contributed by atoms with Crippen LogP contribution >= 0.6 is 0 Å². The van der Waals surface area contributed by atoms with Crippen molar-refractivity contribution in [1.29, 1.82) is 0 Å².